The van der Waals surface area contributed by atoms with E-state index in [-0.39, 0.29) is 5.75 Å². The standard InChI is InChI=1S/C19H27F3NO/c1-2-11-23(12-6-4-3-5-7-13-23)14-15-24-18-10-8-9-17(16-18)19(20,21)22/h2,8-10,16H,1,3-7,11-15H2/q+1. The van der Waals surface area contributed by atoms with Gasteiger partial charge in [-0.2, -0.15) is 13.2 Å². The number of nitrogens with zero attached hydrogens (tertiary/aromatic N) is 1. The van der Waals surface area contributed by atoms with Crippen LogP contribution in [0.2, 0.25) is 0 Å². The molecule has 1 aromatic rings. The molecule has 1 aromatic carbocycles. The fourth-order valence-electron chi connectivity index (χ4n) is 3.43. The largest absolute Gasteiger partial charge is 0.488 e. The zero-order valence-electron chi connectivity index (χ0n) is 14.2. The van der Waals surface area contributed by atoms with E-state index in [4.69, 9.17) is 4.74 Å². The lowest BCUT2D eigenvalue weighted by Crippen LogP contribution is -2.52. The Balaban J connectivity index is 1.96. The molecule has 5 heteroatoms. The first-order valence-corrected chi connectivity index (χ1v) is 8.71. The van der Waals surface area contributed by atoms with Gasteiger partial charge in [-0.05, 0) is 50.0 Å². The Morgan fingerprint density at radius 3 is 2.38 bits per heavy atom. The molecule has 0 saturated carbocycles. The van der Waals surface area contributed by atoms with Crippen LogP contribution in [0.1, 0.15) is 37.7 Å². The maximum Gasteiger partial charge on any atom is 0.416 e. The summed E-state index contributed by atoms with van der Waals surface area (Å²) in [4.78, 5) is 0. The molecule has 1 fully saturated rings. The van der Waals surface area contributed by atoms with Crippen LogP contribution in [0.25, 0.3) is 0 Å². The van der Waals surface area contributed by atoms with E-state index in [9.17, 15) is 13.2 Å². The van der Waals surface area contributed by atoms with Crippen LogP contribution in [0, 0.1) is 0 Å². The third kappa shape index (κ3) is 5.55. The minimum absolute atomic E-state index is 0.286. The van der Waals surface area contributed by atoms with Gasteiger partial charge in [0.1, 0.15) is 18.9 Å². The first kappa shape index (κ1) is 18.8. The fourth-order valence-corrected chi connectivity index (χ4v) is 3.43. The highest BCUT2D eigenvalue weighted by Gasteiger charge is 2.31. The lowest BCUT2D eigenvalue weighted by atomic mass is 10.1. The molecule has 0 amide bonds. The van der Waals surface area contributed by atoms with Gasteiger partial charge in [0, 0.05) is 0 Å². The van der Waals surface area contributed by atoms with Crippen molar-refractivity contribution in [1.82, 2.24) is 0 Å². The van der Waals surface area contributed by atoms with Crippen molar-refractivity contribution in [2.45, 2.75) is 38.3 Å². The number of alkyl halides is 3. The topological polar surface area (TPSA) is 9.23 Å². The Bertz CT molecular complexity index is 520. The highest BCUT2D eigenvalue weighted by atomic mass is 19.4. The van der Waals surface area contributed by atoms with E-state index in [0.29, 0.717) is 6.61 Å². The summed E-state index contributed by atoms with van der Waals surface area (Å²) in [6.07, 6.45) is 3.81. The molecule has 2 rings (SSSR count). The number of benzene rings is 1. The first-order valence-electron chi connectivity index (χ1n) is 8.71. The number of quaternary nitrogens is 1. The van der Waals surface area contributed by atoms with E-state index in [2.05, 4.69) is 6.58 Å². The number of hydrogen-bond acceptors (Lipinski definition) is 1. The quantitative estimate of drug-likeness (QED) is 0.519. The lowest BCUT2D eigenvalue weighted by Gasteiger charge is -2.39. The second-order valence-electron chi connectivity index (χ2n) is 6.63. The predicted octanol–water partition coefficient (Wildman–Crippen LogP) is 5.05. The van der Waals surface area contributed by atoms with Crippen molar-refractivity contribution in [3.63, 3.8) is 0 Å². The van der Waals surface area contributed by atoms with Gasteiger partial charge in [-0.25, -0.2) is 0 Å². The molecule has 134 valence electrons. The van der Waals surface area contributed by atoms with Crippen LogP contribution in [-0.4, -0.2) is 37.3 Å². The molecule has 1 aliphatic rings. The van der Waals surface area contributed by atoms with Gasteiger partial charge >= 0.3 is 6.18 Å². The summed E-state index contributed by atoms with van der Waals surface area (Å²) in [5, 5.41) is 0. The van der Waals surface area contributed by atoms with Crippen molar-refractivity contribution in [2.24, 2.45) is 0 Å². The number of ether oxygens (including phenoxy) is 1. The molecule has 0 spiro atoms. The molecule has 0 N–H and O–H groups in total. The average molecular weight is 342 g/mol. The van der Waals surface area contributed by atoms with Gasteiger partial charge in [0.15, 0.2) is 0 Å². The second-order valence-corrected chi connectivity index (χ2v) is 6.63. The predicted molar refractivity (Wildman–Crippen MR) is 89.9 cm³/mol. The third-order valence-corrected chi connectivity index (χ3v) is 4.78. The molecule has 2 nitrogen and oxygen atoms in total. The van der Waals surface area contributed by atoms with Crippen LogP contribution in [0.5, 0.6) is 5.75 Å². The molecule has 0 atom stereocenters. The van der Waals surface area contributed by atoms with Crippen LogP contribution < -0.4 is 4.74 Å². The van der Waals surface area contributed by atoms with Crippen molar-refractivity contribution in [3.8, 4) is 5.75 Å². The van der Waals surface area contributed by atoms with E-state index in [1.165, 1.54) is 38.2 Å². The number of likely N-dealkylation sites (tertiary alicyclic amines) is 1. The van der Waals surface area contributed by atoms with Gasteiger partial charge in [-0.3, -0.25) is 0 Å². The second kappa shape index (κ2) is 8.56. The van der Waals surface area contributed by atoms with Gasteiger partial charge in [-0.1, -0.05) is 19.1 Å². The van der Waals surface area contributed by atoms with E-state index in [1.54, 1.807) is 6.07 Å². The van der Waals surface area contributed by atoms with Gasteiger partial charge < -0.3 is 9.22 Å². The Kier molecular flexibility index (Phi) is 6.72. The van der Waals surface area contributed by atoms with Crippen LogP contribution in [0.4, 0.5) is 13.2 Å². The normalized spacial score (nSPS) is 18.5. The third-order valence-electron chi connectivity index (χ3n) is 4.78. The summed E-state index contributed by atoms with van der Waals surface area (Å²) in [6, 6.07) is 5.12. The Morgan fingerprint density at radius 2 is 1.75 bits per heavy atom. The van der Waals surface area contributed by atoms with Gasteiger partial charge in [0.05, 0.1) is 25.2 Å². The van der Waals surface area contributed by atoms with Crippen molar-refractivity contribution >= 4 is 0 Å². The van der Waals surface area contributed by atoms with Crippen LogP contribution in [-0.2, 0) is 6.18 Å². The van der Waals surface area contributed by atoms with Crippen molar-refractivity contribution in [1.29, 1.82) is 0 Å². The monoisotopic (exact) mass is 342 g/mol. The molecular weight excluding hydrogens is 315 g/mol. The minimum Gasteiger partial charge on any atom is -0.488 e. The van der Waals surface area contributed by atoms with E-state index in [1.807, 2.05) is 6.08 Å². The summed E-state index contributed by atoms with van der Waals surface area (Å²) in [7, 11) is 0. The molecule has 1 saturated heterocycles. The van der Waals surface area contributed by atoms with Crippen molar-refractivity contribution in [3.05, 3.63) is 42.5 Å². The average Bonchev–Trinajstić information content (AvgIpc) is 2.51. The summed E-state index contributed by atoms with van der Waals surface area (Å²) in [5.41, 5.74) is -0.666. The molecule has 0 bridgehead atoms. The van der Waals surface area contributed by atoms with Crippen molar-refractivity contribution in [2.75, 3.05) is 32.8 Å². The summed E-state index contributed by atoms with van der Waals surface area (Å²) < 4.78 is 44.8. The smallest absolute Gasteiger partial charge is 0.416 e. The molecule has 0 aromatic heterocycles. The molecular formula is C19H27F3NO+. The number of rotatable bonds is 6. The molecule has 1 aliphatic heterocycles. The molecule has 0 aliphatic carbocycles. The molecule has 0 unspecified atom stereocenters. The highest BCUT2D eigenvalue weighted by molar-refractivity contribution is 5.30. The first-order chi connectivity index (χ1) is 11.5. The Hall–Kier alpha value is -1.49. The molecule has 1 heterocycles. The zero-order chi connectivity index (χ0) is 17.5. The fraction of sp³-hybridized carbons (Fsp3) is 0.579. The minimum atomic E-state index is -4.33. The summed E-state index contributed by atoms with van der Waals surface area (Å²) >= 11 is 0. The molecule has 24 heavy (non-hydrogen) atoms. The van der Waals surface area contributed by atoms with E-state index >= 15 is 0 Å². The highest BCUT2D eigenvalue weighted by Crippen LogP contribution is 2.31. The van der Waals surface area contributed by atoms with E-state index < -0.39 is 11.7 Å². The SMILES string of the molecule is C=CC[N+]1(CCOc2cccc(C(F)(F)F)c2)CCCCCCC1. The van der Waals surface area contributed by atoms with Crippen LogP contribution in [0.3, 0.4) is 0 Å². The summed E-state index contributed by atoms with van der Waals surface area (Å²) in [5.74, 6) is 0.286. The van der Waals surface area contributed by atoms with Crippen LogP contribution >= 0.6 is 0 Å². The van der Waals surface area contributed by atoms with Crippen molar-refractivity contribution < 1.29 is 22.4 Å². The number of hydrogen-bond donors (Lipinski definition) is 0. The van der Waals surface area contributed by atoms with Gasteiger partial charge in [0.25, 0.3) is 0 Å². The Labute approximate surface area is 142 Å². The summed E-state index contributed by atoms with van der Waals surface area (Å²) in [6.45, 7) is 8.20. The van der Waals surface area contributed by atoms with Gasteiger partial charge in [-0.15, -0.1) is 0 Å². The lowest BCUT2D eigenvalue weighted by molar-refractivity contribution is -0.923. The Morgan fingerprint density at radius 1 is 1.08 bits per heavy atom. The molecule has 0 radical (unpaired) electrons. The maximum atomic E-state index is 12.8. The zero-order valence-corrected chi connectivity index (χ0v) is 14.2. The van der Waals surface area contributed by atoms with E-state index in [0.717, 1.165) is 42.8 Å². The van der Waals surface area contributed by atoms with Gasteiger partial charge in [0.2, 0.25) is 0 Å². The number of halogens is 3. The maximum absolute atomic E-state index is 12.8. The van der Waals surface area contributed by atoms with Crippen LogP contribution in [0.15, 0.2) is 36.9 Å².